The third kappa shape index (κ3) is 4.36. The van der Waals surface area contributed by atoms with E-state index in [4.69, 9.17) is 11.6 Å². The Morgan fingerprint density at radius 2 is 1.96 bits per heavy atom. The van der Waals surface area contributed by atoms with Gasteiger partial charge in [0, 0.05) is 0 Å². The maximum Gasteiger partial charge on any atom is 0.325 e. The molecule has 0 saturated carbocycles. The Hall–Kier alpha value is -2.08. The van der Waals surface area contributed by atoms with Gasteiger partial charge in [-0.15, -0.1) is 0 Å². The van der Waals surface area contributed by atoms with Crippen LogP contribution >= 0.6 is 11.6 Å². The van der Waals surface area contributed by atoms with Crippen molar-refractivity contribution in [1.82, 2.24) is 10.2 Å². The summed E-state index contributed by atoms with van der Waals surface area (Å²) in [6.07, 6.45) is 1.34. The van der Waals surface area contributed by atoms with Crippen molar-refractivity contribution in [3.8, 4) is 0 Å². The first-order valence-electron chi connectivity index (χ1n) is 8.74. The van der Waals surface area contributed by atoms with Gasteiger partial charge in [-0.25, -0.2) is 4.79 Å². The average Bonchev–Trinajstić information content (AvgIpc) is 2.73. The minimum Gasteiger partial charge on any atom is -0.323 e. The van der Waals surface area contributed by atoms with E-state index in [0.717, 1.165) is 22.4 Å². The van der Waals surface area contributed by atoms with Gasteiger partial charge < -0.3 is 10.6 Å². The molecule has 7 heteroatoms. The number of amides is 4. The smallest absolute Gasteiger partial charge is 0.323 e. The van der Waals surface area contributed by atoms with Crippen molar-refractivity contribution in [1.29, 1.82) is 0 Å². The van der Waals surface area contributed by atoms with E-state index in [0.29, 0.717) is 23.0 Å². The fraction of sp³-hybridized carbons (Fsp3) is 0.526. The lowest BCUT2D eigenvalue weighted by atomic mass is 9.92. The van der Waals surface area contributed by atoms with Crippen LogP contribution in [0.3, 0.4) is 0 Å². The first-order valence-corrected chi connectivity index (χ1v) is 9.12. The molecule has 1 aliphatic heterocycles. The topological polar surface area (TPSA) is 78.5 Å². The normalized spacial score (nSPS) is 19.9. The zero-order chi connectivity index (χ0) is 19.6. The number of hydrogen-bond donors (Lipinski definition) is 2. The number of carbonyl (C=O) groups excluding carboxylic acids is 3. The summed E-state index contributed by atoms with van der Waals surface area (Å²) in [7, 11) is 0. The SMILES string of the molecule is Cc1cc(C)c(NC(=O)CN2C(=O)N[C@](C)(CCC(C)C)C2=O)c(Cl)c1. The summed E-state index contributed by atoms with van der Waals surface area (Å²) in [5.74, 6) is -0.416. The van der Waals surface area contributed by atoms with Crippen molar-refractivity contribution in [3.05, 3.63) is 28.3 Å². The highest BCUT2D eigenvalue weighted by molar-refractivity contribution is 6.34. The predicted octanol–water partition coefficient (Wildman–Crippen LogP) is 3.64. The van der Waals surface area contributed by atoms with Crippen molar-refractivity contribution in [2.24, 2.45) is 5.92 Å². The van der Waals surface area contributed by atoms with Gasteiger partial charge in [-0.2, -0.15) is 0 Å². The number of benzene rings is 1. The molecule has 6 nitrogen and oxygen atoms in total. The van der Waals surface area contributed by atoms with E-state index in [9.17, 15) is 14.4 Å². The third-order valence-electron chi connectivity index (χ3n) is 4.56. The summed E-state index contributed by atoms with van der Waals surface area (Å²) in [6.45, 7) is 9.23. The number of carbonyl (C=O) groups is 3. The van der Waals surface area contributed by atoms with Gasteiger partial charge in [-0.3, -0.25) is 14.5 Å². The van der Waals surface area contributed by atoms with E-state index in [1.165, 1.54) is 0 Å². The highest BCUT2D eigenvalue weighted by Gasteiger charge is 2.47. The number of rotatable bonds is 6. The molecule has 1 aliphatic rings. The summed E-state index contributed by atoms with van der Waals surface area (Å²) in [6, 6.07) is 3.11. The Balaban J connectivity index is 2.07. The molecule has 26 heavy (non-hydrogen) atoms. The van der Waals surface area contributed by atoms with Crippen LogP contribution in [0.4, 0.5) is 10.5 Å². The lowest BCUT2D eigenvalue weighted by molar-refractivity contribution is -0.133. The van der Waals surface area contributed by atoms with Gasteiger partial charge in [0.25, 0.3) is 5.91 Å². The highest BCUT2D eigenvalue weighted by Crippen LogP contribution is 2.28. The van der Waals surface area contributed by atoms with E-state index >= 15 is 0 Å². The van der Waals surface area contributed by atoms with Crippen LogP contribution in [0, 0.1) is 19.8 Å². The number of halogens is 1. The number of aryl methyl sites for hydroxylation is 2. The number of anilines is 1. The van der Waals surface area contributed by atoms with Crippen LogP contribution < -0.4 is 10.6 Å². The number of urea groups is 1. The summed E-state index contributed by atoms with van der Waals surface area (Å²) in [5, 5.41) is 5.85. The van der Waals surface area contributed by atoms with Crippen molar-refractivity contribution in [2.75, 3.05) is 11.9 Å². The Labute approximate surface area is 159 Å². The molecule has 2 rings (SSSR count). The molecule has 0 aliphatic carbocycles. The van der Waals surface area contributed by atoms with Crippen molar-refractivity contribution < 1.29 is 14.4 Å². The van der Waals surface area contributed by atoms with Crippen LogP contribution in [0.2, 0.25) is 5.02 Å². The highest BCUT2D eigenvalue weighted by atomic mass is 35.5. The van der Waals surface area contributed by atoms with E-state index in [-0.39, 0.29) is 12.5 Å². The van der Waals surface area contributed by atoms with Crippen LogP contribution in [-0.4, -0.2) is 34.8 Å². The molecule has 2 N–H and O–H groups in total. The van der Waals surface area contributed by atoms with E-state index < -0.39 is 17.5 Å². The second kappa shape index (κ2) is 7.66. The molecule has 0 aromatic heterocycles. The van der Waals surface area contributed by atoms with Crippen molar-refractivity contribution in [3.63, 3.8) is 0 Å². The second-order valence-corrected chi connectivity index (χ2v) is 7.98. The summed E-state index contributed by atoms with van der Waals surface area (Å²) >= 11 is 6.19. The minimum absolute atomic E-state index is 0.342. The Morgan fingerprint density at radius 3 is 2.54 bits per heavy atom. The van der Waals surface area contributed by atoms with E-state index in [1.54, 1.807) is 13.0 Å². The Kier molecular flexibility index (Phi) is 5.96. The summed E-state index contributed by atoms with van der Waals surface area (Å²) < 4.78 is 0. The maximum atomic E-state index is 12.7. The maximum absolute atomic E-state index is 12.7. The molecular weight excluding hydrogens is 354 g/mol. The first kappa shape index (κ1) is 20.2. The van der Waals surface area contributed by atoms with Gasteiger partial charge in [0.2, 0.25) is 5.91 Å². The Bertz CT molecular complexity index is 725. The van der Waals surface area contributed by atoms with Crippen molar-refractivity contribution >= 4 is 35.1 Å². The average molecular weight is 380 g/mol. The number of nitrogens with zero attached hydrogens (tertiary/aromatic N) is 1. The quantitative estimate of drug-likeness (QED) is 0.740. The molecule has 1 aromatic carbocycles. The van der Waals surface area contributed by atoms with Crippen LogP contribution in [-0.2, 0) is 9.59 Å². The molecule has 1 heterocycles. The first-order chi connectivity index (χ1) is 12.0. The van der Waals surface area contributed by atoms with Crippen molar-refractivity contribution in [2.45, 2.75) is 53.0 Å². The molecule has 4 amide bonds. The lowest BCUT2D eigenvalue weighted by Crippen LogP contribution is -2.44. The van der Waals surface area contributed by atoms with Gasteiger partial charge >= 0.3 is 6.03 Å². The van der Waals surface area contributed by atoms with E-state index in [2.05, 4.69) is 24.5 Å². The molecule has 142 valence electrons. The second-order valence-electron chi connectivity index (χ2n) is 7.57. The van der Waals surface area contributed by atoms with Crippen LogP contribution in [0.5, 0.6) is 0 Å². The van der Waals surface area contributed by atoms with Gasteiger partial charge in [-0.1, -0.05) is 31.5 Å². The third-order valence-corrected chi connectivity index (χ3v) is 4.86. The minimum atomic E-state index is -0.959. The molecule has 0 bridgehead atoms. The molecule has 1 atom stereocenters. The van der Waals surface area contributed by atoms with Gasteiger partial charge in [0.05, 0.1) is 10.7 Å². The van der Waals surface area contributed by atoms with Gasteiger partial charge in [0.1, 0.15) is 12.1 Å². The lowest BCUT2D eigenvalue weighted by Gasteiger charge is -2.22. The van der Waals surface area contributed by atoms with Crippen LogP contribution in [0.25, 0.3) is 0 Å². The summed E-state index contributed by atoms with van der Waals surface area (Å²) in [4.78, 5) is 38.2. The molecule has 1 saturated heterocycles. The predicted molar refractivity (Wildman–Crippen MR) is 102 cm³/mol. The van der Waals surface area contributed by atoms with Gasteiger partial charge in [-0.05, 0) is 56.7 Å². The number of imide groups is 1. The molecule has 0 unspecified atom stereocenters. The molecule has 0 spiro atoms. The molecule has 1 fully saturated rings. The van der Waals surface area contributed by atoms with Gasteiger partial charge in [0.15, 0.2) is 0 Å². The largest absolute Gasteiger partial charge is 0.325 e. The molecule has 0 radical (unpaired) electrons. The standard InChI is InChI=1S/C19H26ClN3O3/c1-11(2)6-7-19(5)17(25)23(18(26)22-19)10-15(24)21-16-13(4)8-12(3)9-14(16)20/h8-9,11H,6-7,10H2,1-5H3,(H,21,24)(H,22,26)/t19-/m1/s1. The fourth-order valence-corrected chi connectivity index (χ4v) is 3.40. The fourth-order valence-electron chi connectivity index (χ4n) is 3.03. The van der Waals surface area contributed by atoms with E-state index in [1.807, 2.05) is 19.9 Å². The van der Waals surface area contributed by atoms with Crippen LogP contribution in [0.1, 0.15) is 44.7 Å². The Morgan fingerprint density at radius 1 is 1.31 bits per heavy atom. The molecular formula is C19H26ClN3O3. The number of nitrogens with one attached hydrogen (secondary N) is 2. The van der Waals surface area contributed by atoms with Crippen LogP contribution in [0.15, 0.2) is 12.1 Å². The molecule has 1 aromatic rings. The number of hydrogen-bond acceptors (Lipinski definition) is 3. The monoisotopic (exact) mass is 379 g/mol. The summed E-state index contributed by atoms with van der Waals surface area (Å²) in [5.41, 5.74) is 1.35. The zero-order valence-corrected chi connectivity index (χ0v) is 16.7. The zero-order valence-electron chi connectivity index (χ0n) is 15.9.